The Kier molecular flexibility index (Phi) is 3.83. The minimum absolute atomic E-state index is 0.173. The lowest BCUT2D eigenvalue weighted by Crippen LogP contribution is -2.27. The first-order chi connectivity index (χ1) is 13.1. The van der Waals surface area contributed by atoms with Gasteiger partial charge in [0.1, 0.15) is 5.75 Å². The van der Waals surface area contributed by atoms with Crippen LogP contribution >= 0.6 is 15.9 Å². The summed E-state index contributed by atoms with van der Waals surface area (Å²) >= 11 is 3.49. The van der Waals surface area contributed by atoms with E-state index in [0.29, 0.717) is 6.42 Å². The van der Waals surface area contributed by atoms with Crippen molar-refractivity contribution in [2.24, 2.45) is 0 Å². The van der Waals surface area contributed by atoms with E-state index in [1.54, 1.807) is 12.1 Å². The lowest BCUT2D eigenvalue weighted by Gasteiger charge is -2.35. The molecule has 3 nitrogen and oxygen atoms in total. The van der Waals surface area contributed by atoms with E-state index in [2.05, 4.69) is 45.5 Å². The Morgan fingerprint density at radius 2 is 1.89 bits per heavy atom. The number of fused-ring (bicyclic) bond motifs is 4. The summed E-state index contributed by atoms with van der Waals surface area (Å²) in [7, 11) is 0. The number of nitrogens with one attached hydrogen (secondary N) is 1. The molecule has 0 saturated heterocycles. The number of ketones is 1. The fourth-order valence-electron chi connectivity index (χ4n) is 4.39. The fourth-order valence-corrected chi connectivity index (χ4v) is 4.77. The molecule has 3 aromatic carbocycles. The molecule has 1 aliphatic carbocycles. The van der Waals surface area contributed by atoms with Crippen LogP contribution < -0.4 is 5.32 Å². The van der Waals surface area contributed by atoms with Crippen LogP contribution in [0, 0.1) is 0 Å². The third-order valence-electron chi connectivity index (χ3n) is 5.58. The van der Waals surface area contributed by atoms with E-state index in [9.17, 15) is 9.90 Å². The van der Waals surface area contributed by atoms with Gasteiger partial charge in [-0.2, -0.15) is 0 Å². The summed E-state index contributed by atoms with van der Waals surface area (Å²) in [4.78, 5) is 13.0. The number of allylic oxidation sites excluding steroid dienone is 1. The number of carbonyl (C=O) groups excluding carboxylic acids is 1. The van der Waals surface area contributed by atoms with Gasteiger partial charge in [-0.15, -0.1) is 0 Å². The van der Waals surface area contributed by atoms with E-state index >= 15 is 0 Å². The van der Waals surface area contributed by atoms with Crippen molar-refractivity contribution in [2.45, 2.75) is 25.3 Å². The molecule has 3 aromatic rings. The largest absolute Gasteiger partial charge is 0.508 e. The molecule has 0 bridgehead atoms. The smallest absolute Gasteiger partial charge is 0.161 e. The lowest BCUT2D eigenvalue weighted by atomic mass is 9.76. The van der Waals surface area contributed by atoms with Crippen LogP contribution in [0.5, 0.6) is 5.75 Å². The number of aromatic hydroxyl groups is 1. The average molecular weight is 420 g/mol. The molecule has 2 aliphatic rings. The first-order valence-electron chi connectivity index (χ1n) is 9.17. The molecule has 0 saturated carbocycles. The summed E-state index contributed by atoms with van der Waals surface area (Å²) in [5.41, 5.74) is 4.82. The number of hydrogen-bond acceptors (Lipinski definition) is 3. The normalized spacial score (nSPS) is 18.9. The summed E-state index contributed by atoms with van der Waals surface area (Å²) in [6, 6.07) is 17.5. The molecule has 0 unspecified atom stereocenters. The summed E-state index contributed by atoms with van der Waals surface area (Å²) in [6.45, 7) is 0. The van der Waals surface area contributed by atoms with Crippen molar-refractivity contribution in [2.75, 3.05) is 5.32 Å². The van der Waals surface area contributed by atoms with Gasteiger partial charge in [-0.25, -0.2) is 0 Å². The second kappa shape index (κ2) is 6.24. The van der Waals surface area contributed by atoms with Gasteiger partial charge in [-0.05, 0) is 53.5 Å². The molecular formula is C23H18BrNO2. The highest BCUT2D eigenvalue weighted by molar-refractivity contribution is 9.10. The molecule has 0 amide bonds. The number of anilines is 1. The Hall–Kier alpha value is -2.59. The standard InChI is InChI=1S/C23H18BrNO2/c24-14-9-11-19(26)17(12-14)23-22-16(6-3-7-20(22)27)21-15-5-2-1-4-13(15)8-10-18(21)25-23/h1-2,4-5,8-12,23,25-26H,3,6-7H2/t23-/m1/s1. The van der Waals surface area contributed by atoms with Gasteiger partial charge in [0.25, 0.3) is 0 Å². The van der Waals surface area contributed by atoms with Gasteiger partial charge in [-0.1, -0.05) is 46.3 Å². The van der Waals surface area contributed by atoms with E-state index in [4.69, 9.17) is 0 Å². The van der Waals surface area contributed by atoms with E-state index < -0.39 is 0 Å². The number of phenols is 1. The molecule has 1 heterocycles. The molecule has 0 fully saturated rings. The number of phenolic OH excluding ortho intramolecular Hbond substituents is 1. The number of benzene rings is 3. The second-order valence-corrected chi connectivity index (χ2v) is 8.07. The van der Waals surface area contributed by atoms with Gasteiger partial charge < -0.3 is 10.4 Å². The Morgan fingerprint density at radius 1 is 1.04 bits per heavy atom. The number of halogens is 1. The number of hydrogen-bond donors (Lipinski definition) is 2. The number of carbonyl (C=O) groups is 1. The topological polar surface area (TPSA) is 49.3 Å². The van der Waals surface area contributed by atoms with Crippen LogP contribution in [0.15, 0.2) is 64.6 Å². The van der Waals surface area contributed by atoms with Crippen LogP contribution in [0.4, 0.5) is 5.69 Å². The van der Waals surface area contributed by atoms with Gasteiger partial charge in [0.15, 0.2) is 5.78 Å². The number of rotatable bonds is 1. The van der Waals surface area contributed by atoms with Crippen LogP contribution in [0.1, 0.15) is 36.4 Å². The SMILES string of the molecule is O=C1CCCC2=C1[C@@H](c1cc(Br)ccc1O)Nc1ccc3ccccc3c12. The van der Waals surface area contributed by atoms with Crippen molar-refractivity contribution in [3.63, 3.8) is 0 Å². The summed E-state index contributed by atoms with van der Waals surface area (Å²) in [5.74, 6) is 0.372. The van der Waals surface area contributed by atoms with Gasteiger partial charge in [0.05, 0.1) is 6.04 Å². The summed E-state index contributed by atoms with van der Waals surface area (Å²) in [5, 5.41) is 16.4. The quantitative estimate of drug-likeness (QED) is 0.509. The van der Waals surface area contributed by atoms with Crippen LogP contribution in [-0.4, -0.2) is 10.9 Å². The van der Waals surface area contributed by atoms with Crippen molar-refractivity contribution in [1.29, 1.82) is 0 Å². The average Bonchev–Trinajstić information content (AvgIpc) is 2.69. The van der Waals surface area contributed by atoms with Gasteiger partial charge in [-0.3, -0.25) is 4.79 Å². The van der Waals surface area contributed by atoms with Crippen molar-refractivity contribution >= 4 is 43.7 Å². The van der Waals surface area contributed by atoms with E-state index in [-0.39, 0.29) is 17.6 Å². The molecular weight excluding hydrogens is 402 g/mol. The van der Waals surface area contributed by atoms with Crippen LogP contribution in [0.2, 0.25) is 0 Å². The molecule has 0 spiro atoms. The zero-order valence-corrected chi connectivity index (χ0v) is 16.2. The van der Waals surface area contributed by atoms with Gasteiger partial charge in [0.2, 0.25) is 0 Å². The van der Waals surface area contributed by atoms with E-state index in [1.165, 1.54) is 10.8 Å². The van der Waals surface area contributed by atoms with Crippen molar-refractivity contribution in [3.05, 3.63) is 75.8 Å². The predicted molar refractivity (Wildman–Crippen MR) is 112 cm³/mol. The highest BCUT2D eigenvalue weighted by Gasteiger charge is 2.35. The molecule has 2 N–H and O–H groups in total. The summed E-state index contributed by atoms with van der Waals surface area (Å²) in [6.07, 6.45) is 2.32. The van der Waals surface area contributed by atoms with Gasteiger partial charge in [0, 0.05) is 33.3 Å². The third-order valence-corrected chi connectivity index (χ3v) is 6.07. The highest BCUT2D eigenvalue weighted by atomic mass is 79.9. The maximum atomic E-state index is 13.0. The molecule has 27 heavy (non-hydrogen) atoms. The molecule has 1 aliphatic heterocycles. The molecule has 5 rings (SSSR count). The maximum Gasteiger partial charge on any atom is 0.161 e. The summed E-state index contributed by atoms with van der Waals surface area (Å²) < 4.78 is 0.881. The minimum atomic E-state index is -0.334. The minimum Gasteiger partial charge on any atom is -0.508 e. The maximum absolute atomic E-state index is 13.0. The molecule has 134 valence electrons. The Balaban J connectivity index is 1.81. The molecule has 1 atom stereocenters. The molecule has 0 aromatic heterocycles. The highest BCUT2D eigenvalue weighted by Crippen LogP contribution is 2.49. The Morgan fingerprint density at radius 3 is 2.78 bits per heavy atom. The van der Waals surface area contributed by atoms with Gasteiger partial charge >= 0.3 is 0 Å². The fraction of sp³-hybridized carbons (Fsp3) is 0.174. The van der Waals surface area contributed by atoms with Crippen molar-refractivity contribution in [3.8, 4) is 5.75 Å². The van der Waals surface area contributed by atoms with Crippen LogP contribution in [0.3, 0.4) is 0 Å². The predicted octanol–water partition coefficient (Wildman–Crippen LogP) is 5.98. The zero-order chi connectivity index (χ0) is 18.5. The van der Waals surface area contributed by atoms with Crippen molar-refractivity contribution < 1.29 is 9.90 Å². The van der Waals surface area contributed by atoms with Crippen molar-refractivity contribution in [1.82, 2.24) is 0 Å². The Bertz CT molecular complexity index is 1130. The van der Waals surface area contributed by atoms with Crippen LogP contribution in [-0.2, 0) is 4.79 Å². The monoisotopic (exact) mass is 419 g/mol. The lowest BCUT2D eigenvalue weighted by molar-refractivity contribution is -0.116. The molecule has 4 heteroatoms. The van der Waals surface area contributed by atoms with E-state index in [0.717, 1.165) is 45.3 Å². The second-order valence-electron chi connectivity index (χ2n) is 7.16. The first-order valence-corrected chi connectivity index (χ1v) is 9.96. The van der Waals surface area contributed by atoms with Crippen LogP contribution in [0.25, 0.3) is 16.3 Å². The van der Waals surface area contributed by atoms with E-state index in [1.807, 2.05) is 18.2 Å². The Labute approximate surface area is 165 Å². The zero-order valence-electron chi connectivity index (χ0n) is 14.6. The first kappa shape index (κ1) is 16.6. The number of Topliss-reactive ketones (excluding diaryl/α,β-unsaturated/α-hetero) is 1. The third kappa shape index (κ3) is 2.59. The molecule has 0 radical (unpaired) electrons.